The van der Waals surface area contributed by atoms with Crippen molar-refractivity contribution in [2.45, 2.75) is 40.0 Å². The van der Waals surface area contributed by atoms with E-state index in [2.05, 4.69) is 27.3 Å². The van der Waals surface area contributed by atoms with Crippen molar-refractivity contribution in [1.82, 2.24) is 24.6 Å². The third kappa shape index (κ3) is 4.24. The molecular formula is C18H24N6O3. The predicted molar refractivity (Wildman–Crippen MR) is 99.7 cm³/mol. The number of piperidine rings is 1. The Morgan fingerprint density at radius 2 is 2.15 bits per heavy atom. The number of hydrogen-bond acceptors (Lipinski definition) is 5. The normalized spacial score (nSPS) is 17.0. The summed E-state index contributed by atoms with van der Waals surface area (Å²) in [6.45, 7) is 6.88. The van der Waals surface area contributed by atoms with Crippen molar-refractivity contribution in [3.05, 3.63) is 33.9 Å². The highest BCUT2D eigenvalue weighted by atomic mass is 16.2. The number of anilines is 1. The van der Waals surface area contributed by atoms with Crippen LogP contribution in [0.15, 0.2) is 16.9 Å². The highest BCUT2D eigenvalue weighted by Crippen LogP contribution is 2.17. The SMILES string of the molecule is CCc1cc(=O)[nH]c(-n2nc(C)cc2NC(=O)C(=O)N2CCC[C@@H](C)C2)n1. The standard InChI is InChI=1S/C18H24N6O3/c1-4-13-9-15(25)21-18(19-13)24-14(8-12(3)22-24)20-16(26)17(27)23-7-5-6-11(2)10-23/h8-9,11H,4-7,10H2,1-3H3,(H,20,26)(H,19,21,25)/t11-/m1/s1. The number of likely N-dealkylation sites (tertiary alicyclic amines) is 1. The Balaban J connectivity index is 1.84. The van der Waals surface area contributed by atoms with Gasteiger partial charge in [-0.05, 0) is 32.1 Å². The maximum Gasteiger partial charge on any atom is 0.315 e. The van der Waals surface area contributed by atoms with Crippen LogP contribution in [-0.4, -0.2) is 49.6 Å². The van der Waals surface area contributed by atoms with Crippen LogP contribution in [0.5, 0.6) is 0 Å². The molecule has 1 fully saturated rings. The summed E-state index contributed by atoms with van der Waals surface area (Å²) >= 11 is 0. The lowest BCUT2D eigenvalue weighted by Gasteiger charge is -2.30. The number of carbonyl (C=O) groups is 2. The molecule has 0 saturated carbocycles. The van der Waals surface area contributed by atoms with Gasteiger partial charge in [0.1, 0.15) is 5.82 Å². The summed E-state index contributed by atoms with van der Waals surface area (Å²) in [4.78, 5) is 45.3. The highest BCUT2D eigenvalue weighted by molar-refractivity contribution is 6.39. The largest absolute Gasteiger partial charge is 0.334 e. The first-order valence-corrected chi connectivity index (χ1v) is 9.15. The lowest BCUT2D eigenvalue weighted by atomic mass is 10.0. The quantitative estimate of drug-likeness (QED) is 0.781. The van der Waals surface area contributed by atoms with Gasteiger partial charge in [-0.2, -0.15) is 9.78 Å². The predicted octanol–water partition coefficient (Wildman–Crippen LogP) is 1.02. The minimum atomic E-state index is -0.723. The van der Waals surface area contributed by atoms with Gasteiger partial charge >= 0.3 is 11.8 Å². The van der Waals surface area contributed by atoms with Crippen molar-refractivity contribution in [2.24, 2.45) is 5.92 Å². The highest BCUT2D eigenvalue weighted by Gasteiger charge is 2.27. The van der Waals surface area contributed by atoms with Gasteiger partial charge in [-0.1, -0.05) is 13.8 Å². The fraction of sp³-hybridized carbons (Fsp3) is 0.500. The van der Waals surface area contributed by atoms with E-state index in [1.165, 1.54) is 10.7 Å². The Labute approximate surface area is 156 Å². The molecule has 0 spiro atoms. The number of aromatic nitrogens is 4. The number of nitrogens with zero attached hydrogens (tertiary/aromatic N) is 4. The lowest BCUT2D eigenvalue weighted by molar-refractivity contribution is -0.144. The van der Waals surface area contributed by atoms with Crippen LogP contribution in [0.25, 0.3) is 5.95 Å². The Morgan fingerprint density at radius 3 is 2.85 bits per heavy atom. The molecule has 1 aliphatic heterocycles. The number of hydrogen-bond donors (Lipinski definition) is 2. The second-order valence-corrected chi connectivity index (χ2v) is 6.95. The van der Waals surface area contributed by atoms with E-state index in [0.29, 0.717) is 36.8 Å². The monoisotopic (exact) mass is 372 g/mol. The van der Waals surface area contributed by atoms with Crippen LogP contribution in [0.2, 0.25) is 0 Å². The maximum absolute atomic E-state index is 12.5. The summed E-state index contributed by atoms with van der Waals surface area (Å²) < 4.78 is 1.33. The molecular weight excluding hydrogens is 348 g/mol. The van der Waals surface area contributed by atoms with Crippen LogP contribution in [0.3, 0.4) is 0 Å². The van der Waals surface area contributed by atoms with Gasteiger partial charge in [0.05, 0.1) is 5.69 Å². The Bertz CT molecular complexity index is 916. The van der Waals surface area contributed by atoms with Gasteiger partial charge in [0.25, 0.3) is 5.56 Å². The van der Waals surface area contributed by atoms with E-state index in [4.69, 9.17) is 0 Å². The molecule has 3 heterocycles. The number of amides is 2. The van der Waals surface area contributed by atoms with Crippen molar-refractivity contribution >= 4 is 17.6 Å². The van der Waals surface area contributed by atoms with Crippen LogP contribution < -0.4 is 10.9 Å². The van der Waals surface area contributed by atoms with E-state index in [1.807, 2.05) is 6.92 Å². The summed E-state index contributed by atoms with van der Waals surface area (Å²) in [7, 11) is 0. The Kier molecular flexibility index (Phi) is 5.38. The van der Waals surface area contributed by atoms with Crippen LogP contribution in [0.1, 0.15) is 38.1 Å². The molecule has 9 heteroatoms. The molecule has 2 aromatic rings. The van der Waals surface area contributed by atoms with Crippen LogP contribution in [0, 0.1) is 12.8 Å². The fourth-order valence-electron chi connectivity index (χ4n) is 3.21. The summed E-state index contributed by atoms with van der Waals surface area (Å²) in [5.41, 5.74) is 0.923. The molecule has 0 unspecified atom stereocenters. The molecule has 27 heavy (non-hydrogen) atoms. The second kappa shape index (κ2) is 7.73. The van der Waals surface area contributed by atoms with Crippen LogP contribution >= 0.6 is 0 Å². The zero-order chi connectivity index (χ0) is 19.6. The molecule has 2 amide bonds. The van der Waals surface area contributed by atoms with Gasteiger partial charge in [-0.15, -0.1) is 0 Å². The van der Waals surface area contributed by atoms with Crippen molar-refractivity contribution in [3.8, 4) is 5.95 Å². The molecule has 3 rings (SSSR count). The van der Waals surface area contributed by atoms with Gasteiger partial charge in [-0.3, -0.25) is 19.4 Å². The van der Waals surface area contributed by atoms with Crippen molar-refractivity contribution in [2.75, 3.05) is 18.4 Å². The zero-order valence-electron chi connectivity index (χ0n) is 15.8. The third-order valence-corrected chi connectivity index (χ3v) is 4.56. The number of aryl methyl sites for hydroxylation is 2. The maximum atomic E-state index is 12.5. The summed E-state index contributed by atoms with van der Waals surface area (Å²) in [6, 6.07) is 3.04. The Hall–Kier alpha value is -2.97. The summed E-state index contributed by atoms with van der Waals surface area (Å²) in [5.74, 6) is -0.418. The first-order chi connectivity index (χ1) is 12.9. The zero-order valence-corrected chi connectivity index (χ0v) is 15.8. The van der Waals surface area contributed by atoms with Crippen molar-refractivity contribution in [3.63, 3.8) is 0 Å². The molecule has 0 radical (unpaired) electrons. The average molecular weight is 372 g/mol. The van der Waals surface area contributed by atoms with E-state index in [-0.39, 0.29) is 17.3 Å². The molecule has 2 N–H and O–H groups in total. The number of aromatic amines is 1. The Morgan fingerprint density at radius 1 is 1.37 bits per heavy atom. The van der Waals surface area contributed by atoms with E-state index in [1.54, 1.807) is 17.9 Å². The fourth-order valence-corrected chi connectivity index (χ4v) is 3.21. The minimum Gasteiger partial charge on any atom is -0.334 e. The molecule has 1 aliphatic rings. The van der Waals surface area contributed by atoms with E-state index in [0.717, 1.165) is 12.8 Å². The van der Waals surface area contributed by atoms with Gasteiger partial charge in [0, 0.05) is 30.9 Å². The van der Waals surface area contributed by atoms with Gasteiger partial charge in [-0.25, -0.2) is 4.98 Å². The molecule has 0 aliphatic carbocycles. The van der Waals surface area contributed by atoms with Gasteiger partial charge < -0.3 is 10.2 Å². The van der Waals surface area contributed by atoms with Crippen LogP contribution in [-0.2, 0) is 16.0 Å². The first-order valence-electron chi connectivity index (χ1n) is 9.15. The number of nitrogens with one attached hydrogen (secondary N) is 2. The smallest absolute Gasteiger partial charge is 0.315 e. The van der Waals surface area contributed by atoms with E-state index >= 15 is 0 Å². The van der Waals surface area contributed by atoms with Gasteiger partial charge in [0.2, 0.25) is 5.95 Å². The molecule has 1 saturated heterocycles. The van der Waals surface area contributed by atoms with E-state index < -0.39 is 11.8 Å². The lowest BCUT2D eigenvalue weighted by Crippen LogP contribution is -2.44. The number of carbonyl (C=O) groups excluding carboxylic acids is 2. The van der Waals surface area contributed by atoms with Gasteiger partial charge in [0.15, 0.2) is 0 Å². The first kappa shape index (κ1) is 18.8. The number of rotatable bonds is 3. The molecule has 144 valence electrons. The van der Waals surface area contributed by atoms with Crippen LogP contribution in [0.4, 0.5) is 5.82 Å². The molecule has 0 aromatic carbocycles. The third-order valence-electron chi connectivity index (χ3n) is 4.56. The average Bonchev–Trinajstić information content (AvgIpc) is 3.00. The summed E-state index contributed by atoms with van der Waals surface area (Å²) in [5, 5.41) is 6.89. The van der Waals surface area contributed by atoms with E-state index in [9.17, 15) is 14.4 Å². The summed E-state index contributed by atoms with van der Waals surface area (Å²) in [6.07, 6.45) is 2.54. The van der Waals surface area contributed by atoms with Crippen molar-refractivity contribution < 1.29 is 9.59 Å². The molecule has 1 atom stereocenters. The minimum absolute atomic E-state index is 0.196. The molecule has 9 nitrogen and oxygen atoms in total. The van der Waals surface area contributed by atoms with Crippen molar-refractivity contribution in [1.29, 1.82) is 0 Å². The second-order valence-electron chi connectivity index (χ2n) is 6.95. The molecule has 0 bridgehead atoms. The molecule has 2 aromatic heterocycles. The topological polar surface area (TPSA) is 113 Å². The number of H-pyrrole nitrogens is 1.